The maximum absolute atomic E-state index is 5.45. The van der Waals surface area contributed by atoms with Crippen LogP contribution in [0.4, 0.5) is 0 Å². The van der Waals surface area contributed by atoms with E-state index in [1.165, 1.54) is 34.7 Å². The Morgan fingerprint density at radius 3 is 1.31 bits per heavy atom. The van der Waals surface area contributed by atoms with E-state index in [-0.39, 0.29) is 0 Å². The number of hydrogen-bond donors (Lipinski definition) is 0. The molecule has 0 atom stereocenters. The average molecular weight is 414 g/mol. The number of benzene rings is 4. The van der Waals surface area contributed by atoms with E-state index in [1.54, 1.807) is 12.4 Å². The highest BCUT2D eigenvalue weighted by Gasteiger charge is 2.07. The maximum Gasteiger partial charge on any atom is 0.181 e. The van der Waals surface area contributed by atoms with Crippen LogP contribution in [0.2, 0.25) is 0 Å². The molecule has 2 heterocycles. The third kappa shape index (κ3) is 3.38. The van der Waals surface area contributed by atoms with Gasteiger partial charge < -0.3 is 8.83 Å². The van der Waals surface area contributed by atoms with Crippen molar-refractivity contribution in [3.05, 3.63) is 110 Å². The first kappa shape index (κ1) is 18.3. The summed E-state index contributed by atoms with van der Waals surface area (Å²) in [6, 6.07) is 29.8. The largest absolute Gasteiger partial charge is 0.444 e. The lowest BCUT2D eigenvalue weighted by molar-refractivity contribution is 0.571. The summed E-state index contributed by atoms with van der Waals surface area (Å²) in [5.74, 6) is 1.54. The van der Waals surface area contributed by atoms with Gasteiger partial charge in [-0.05, 0) is 57.3 Å². The first-order valence-corrected chi connectivity index (χ1v) is 10.4. The van der Waals surface area contributed by atoms with E-state index in [2.05, 4.69) is 70.6 Å². The van der Waals surface area contributed by atoms with Crippen molar-refractivity contribution in [1.29, 1.82) is 0 Å². The number of oxazole rings is 2. The predicted octanol–water partition coefficient (Wildman–Crippen LogP) is 7.48. The van der Waals surface area contributed by atoms with Crippen LogP contribution in [0.1, 0.15) is 0 Å². The number of nitrogens with zero attached hydrogens (tertiary/aromatic N) is 2. The van der Waals surface area contributed by atoms with E-state index < -0.39 is 0 Å². The monoisotopic (exact) mass is 414 g/mol. The molecule has 4 aromatic carbocycles. The first-order chi connectivity index (χ1) is 15.8. The molecule has 4 heteroatoms. The van der Waals surface area contributed by atoms with Gasteiger partial charge in [0.25, 0.3) is 0 Å². The topological polar surface area (TPSA) is 52.1 Å². The molecule has 2 aromatic heterocycles. The van der Waals surface area contributed by atoms with Gasteiger partial charge in [0.05, 0.1) is 12.4 Å². The summed E-state index contributed by atoms with van der Waals surface area (Å²) in [4.78, 5) is 8.04. The van der Waals surface area contributed by atoms with Crippen LogP contribution in [-0.4, -0.2) is 9.97 Å². The summed E-state index contributed by atoms with van der Waals surface area (Å²) in [7, 11) is 0. The minimum absolute atomic E-state index is 0.768. The number of rotatable bonds is 4. The number of aromatic nitrogens is 2. The predicted molar refractivity (Wildman–Crippen MR) is 126 cm³/mol. The lowest BCUT2D eigenvalue weighted by Gasteiger charge is -2.09. The van der Waals surface area contributed by atoms with Crippen LogP contribution in [0.15, 0.2) is 119 Å². The summed E-state index contributed by atoms with van der Waals surface area (Å²) in [5.41, 5.74) is 6.65. The minimum atomic E-state index is 0.768. The zero-order valence-corrected chi connectivity index (χ0v) is 17.1. The lowest BCUT2D eigenvalue weighted by Crippen LogP contribution is -1.83. The average Bonchev–Trinajstić information content (AvgIpc) is 3.59. The molecule has 32 heavy (non-hydrogen) atoms. The fraction of sp³-hybridized carbons (Fsp3) is 0. The number of hydrogen-bond acceptors (Lipinski definition) is 4. The van der Waals surface area contributed by atoms with E-state index in [9.17, 15) is 0 Å². The van der Waals surface area contributed by atoms with E-state index in [4.69, 9.17) is 8.83 Å². The molecule has 0 spiro atoms. The molecule has 4 nitrogen and oxygen atoms in total. The van der Waals surface area contributed by atoms with Crippen molar-refractivity contribution in [1.82, 2.24) is 9.97 Å². The van der Waals surface area contributed by atoms with Crippen LogP contribution in [0, 0.1) is 0 Å². The van der Waals surface area contributed by atoms with Crippen LogP contribution >= 0.6 is 0 Å². The van der Waals surface area contributed by atoms with Gasteiger partial charge >= 0.3 is 0 Å². The molecule has 0 unspecified atom stereocenters. The summed E-state index contributed by atoms with van der Waals surface area (Å²) < 4.78 is 10.9. The first-order valence-electron chi connectivity index (χ1n) is 10.4. The Labute approximate surface area is 184 Å². The smallest absolute Gasteiger partial charge is 0.181 e. The van der Waals surface area contributed by atoms with Gasteiger partial charge in [-0.15, -0.1) is 0 Å². The van der Waals surface area contributed by atoms with Crippen molar-refractivity contribution in [2.45, 2.75) is 0 Å². The molecule has 0 aliphatic rings. The van der Waals surface area contributed by atoms with Gasteiger partial charge in [-0.1, -0.05) is 60.7 Å². The van der Waals surface area contributed by atoms with E-state index >= 15 is 0 Å². The van der Waals surface area contributed by atoms with Crippen LogP contribution in [-0.2, 0) is 0 Å². The minimum Gasteiger partial charge on any atom is -0.444 e. The fourth-order valence-corrected chi connectivity index (χ4v) is 4.03. The highest BCUT2D eigenvalue weighted by Crippen LogP contribution is 2.32. The van der Waals surface area contributed by atoms with Crippen molar-refractivity contribution in [3.8, 4) is 44.9 Å². The molecular weight excluding hydrogens is 396 g/mol. The summed E-state index contributed by atoms with van der Waals surface area (Å²) in [6.07, 6.45) is 6.38. The van der Waals surface area contributed by atoms with E-state index in [1.807, 2.05) is 24.3 Å². The summed E-state index contributed by atoms with van der Waals surface area (Å²) in [5, 5.41) is 2.39. The molecule has 0 fully saturated rings. The maximum atomic E-state index is 5.45. The molecule has 0 N–H and O–H groups in total. The van der Waals surface area contributed by atoms with Crippen LogP contribution in [0.25, 0.3) is 55.7 Å². The van der Waals surface area contributed by atoms with E-state index in [0.29, 0.717) is 0 Å². The van der Waals surface area contributed by atoms with Crippen molar-refractivity contribution >= 4 is 10.8 Å². The SMILES string of the molecule is c1cc(-c2ccc3cc(-c4cccc(-c5cnco5)c4)ccc3c2)cc(-c2cnco2)c1. The molecule has 0 saturated heterocycles. The molecule has 6 aromatic rings. The van der Waals surface area contributed by atoms with Crippen LogP contribution < -0.4 is 0 Å². The van der Waals surface area contributed by atoms with Gasteiger partial charge in [0, 0.05) is 11.1 Å². The van der Waals surface area contributed by atoms with Crippen LogP contribution in [0.5, 0.6) is 0 Å². The van der Waals surface area contributed by atoms with Gasteiger partial charge in [0.1, 0.15) is 0 Å². The lowest BCUT2D eigenvalue weighted by atomic mass is 9.96. The van der Waals surface area contributed by atoms with E-state index in [0.717, 1.165) is 33.8 Å². The Morgan fingerprint density at radius 2 is 0.875 bits per heavy atom. The third-order valence-corrected chi connectivity index (χ3v) is 5.67. The standard InChI is InChI=1S/C28H18N2O2/c1-3-19(13-25(5-1)27-15-29-17-31-27)21-7-9-24-12-22(8-10-23(24)11-21)20-4-2-6-26(14-20)28-16-30-18-32-28/h1-18H. The Kier molecular flexibility index (Phi) is 4.40. The van der Waals surface area contributed by atoms with Gasteiger partial charge in [-0.3, -0.25) is 0 Å². The molecule has 152 valence electrons. The molecule has 0 saturated carbocycles. The quantitative estimate of drug-likeness (QED) is 0.300. The van der Waals surface area contributed by atoms with Gasteiger partial charge in [-0.2, -0.15) is 0 Å². The molecule has 6 rings (SSSR count). The van der Waals surface area contributed by atoms with Gasteiger partial charge in [0.2, 0.25) is 0 Å². The second kappa shape index (κ2) is 7.67. The molecule has 0 amide bonds. The molecular formula is C28H18N2O2. The van der Waals surface area contributed by atoms with Crippen molar-refractivity contribution in [2.24, 2.45) is 0 Å². The highest BCUT2D eigenvalue weighted by molar-refractivity contribution is 5.91. The molecule has 0 bridgehead atoms. The summed E-state index contributed by atoms with van der Waals surface area (Å²) in [6.45, 7) is 0. The van der Waals surface area contributed by atoms with Gasteiger partial charge in [0.15, 0.2) is 24.3 Å². The van der Waals surface area contributed by atoms with Crippen LogP contribution in [0.3, 0.4) is 0 Å². The molecule has 0 radical (unpaired) electrons. The second-order valence-corrected chi connectivity index (χ2v) is 7.67. The Balaban J connectivity index is 1.36. The zero-order chi connectivity index (χ0) is 21.3. The van der Waals surface area contributed by atoms with Crippen molar-refractivity contribution in [2.75, 3.05) is 0 Å². The Morgan fingerprint density at radius 1 is 0.438 bits per heavy atom. The third-order valence-electron chi connectivity index (χ3n) is 5.67. The molecule has 0 aliphatic heterocycles. The fourth-order valence-electron chi connectivity index (χ4n) is 4.03. The second-order valence-electron chi connectivity index (χ2n) is 7.67. The Bertz CT molecular complexity index is 1400. The van der Waals surface area contributed by atoms with Crippen molar-refractivity contribution in [3.63, 3.8) is 0 Å². The zero-order valence-electron chi connectivity index (χ0n) is 17.1. The number of fused-ring (bicyclic) bond motifs is 1. The van der Waals surface area contributed by atoms with Crippen molar-refractivity contribution < 1.29 is 8.83 Å². The molecule has 0 aliphatic carbocycles. The normalized spacial score (nSPS) is 11.1. The summed E-state index contributed by atoms with van der Waals surface area (Å²) >= 11 is 0. The highest BCUT2D eigenvalue weighted by atomic mass is 16.3. The Hall–Kier alpha value is -4.44. The van der Waals surface area contributed by atoms with Gasteiger partial charge in [-0.25, -0.2) is 9.97 Å².